The Labute approximate surface area is 153 Å². The number of rotatable bonds is 5. The zero-order valence-corrected chi connectivity index (χ0v) is 15.4. The van der Waals surface area contributed by atoms with Crippen LogP contribution >= 0.6 is 0 Å². The maximum absolute atomic E-state index is 12.4. The molecule has 2 aliphatic rings. The summed E-state index contributed by atoms with van der Waals surface area (Å²) >= 11 is 0. The number of methoxy groups -OCH3 is 1. The lowest BCUT2D eigenvalue weighted by atomic mass is 9.83. The minimum Gasteiger partial charge on any atom is -0.497 e. The number of carbonyl (C=O) groups is 1. The van der Waals surface area contributed by atoms with E-state index in [9.17, 15) is 4.79 Å². The number of nitrogens with one attached hydrogen (secondary N) is 1. The second-order valence-corrected chi connectivity index (χ2v) is 7.39. The van der Waals surface area contributed by atoms with E-state index in [4.69, 9.17) is 4.74 Å². The summed E-state index contributed by atoms with van der Waals surface area (Å²) in [7, 11) is 1.62. The highest BCUT2D eigenvalue weighted by Crippen LogP contribution is 2.30. The number of carbonyl (C=O) groups excluding carboxylic acids is 1. The Morgan fingerprint density at radius 1 is 1.19 bits per heavy atom. The van der Waals surface area contributed by atoms with E-state index < -0.39 is 0 Å². The van der Waals surface area contributed by atoms with E-state index in [1.54, 1.807) is 7.11 Å². The first kappa shape index (κ1) is 17.3. The van der Waals surface area contributed by atoms with E-state index in [-0.39, 0.29) is 12.5 Å². The molecule has 0 saturated carbocycles. The summed E-state index contributed by atoms with van der Waals surface area (Å²) in [5.41, 5.74) is 1.51. The van der Waals surface area contributed by atoms with Crippen molar-refractivity contribution in [3.63, 3.8) is 0 Å². The van der Waals surface area contributed by atoms with Gasteiger partial charge in [-0.15, -0.1) is 0 Å². The Bertz CT molecular complexity index is 772. The maximum atomic E-state index is 12.4. The van der Waals surface area contributed by atoms with E-state index in [1.807, 2.05) is 18.2 Å². The summed E-state index contributed by atoms with van der Waals surface area (Å²) in [6, 6.07) is 6.18. The zero-order chi connectivity index (χ0) is 17.9. The quantitative estimate of drug-likeness (QED) is 0.884. The van der Waals surface area contributed by atoms with Crippen molar-refractivity contribution in [2.24, 2.45) is 5.92 Å². The molecule has 0 radical (unpaired) electrons. The third-order valence-corrected chi connectivity index (χ3v) is 5.70. The first-order chi connectivity index (χ1) is 12.7. The number of hydrogen-bond acceptors (Lipinski definition) is 5. The number of hydrogen-bond donors (Lipinski definition) is 1. The summed E-state index contributed by atoms with van der Waals surface area (Å²) < 4.78 is 5.20. The summed E-state index contributed by atoms with van der Waals surface area (Å²) in [5.74, 6) is 1.29. The van der Waals surface area contributed by atoms with Crippen LogP contribution in [0.4, 0.5) is 0 Å². The van der Waals surface area contributed by atoms with Gasteiger partial charge in [0.2, 0.25) is 5.91 Å². The summed E-state index contributed by atoms with van der Waals surface area (Å²) in [5, 5.41) is 11.9. The van der Waals surface area contributed by atoms with Crippen LogP contribution in [0.15, 0.2) is 18.2 Å². The first-order valence-electron chi connectivity index (χ1n) is 9.62. The van der Waals surface area contributed by atoms with Crippen LogP contribution in [-0.4, -0.2) is 58.6 Å². The molecule has 2 aliphatic heterocycles. The third kappa shape index (κ3) is 3.67. The van der Waals surface area contributed by atoms with Crippen LogP contribution in [0, 0.1) is 5.92 Å². The number of benzene rings is 1. The van der Waals surface area contributed by atoms with Gasteiger partial charge in [-0.25, -0.2) is 0 Å². The van der Waals surface area contributed by atoms with Gasteiger partial charge in [-0.3, -0.25) is 4.79 Å². The van der Waals surface area contributed by atoms with Crippen molar-refractivity contribution in [1.82, 2.24) is 25.2 Å². The zero-order valence-electron chi connectivity index (χ0n) is 15.4. The van der Waals surface area contributed by atoms with Gasteiger partial charge in [0.15, 0.2) is 0 Å². The van der Waals surface area contributed by atoms with E-state index in [2.05, 4.69) is 20.4 Å². The number of piperidine rings is 2. The largest absolute Gasteiger partial charge is 0.497 e. The van der Waals surface area contributed by atoms with Crippen LogP contribution < -0.4 is 10.1 Å². The van der Waals surface area contributed by atoms with E-state index in [1.165, 1.54) is 50.0 Å². The van der Waals surface area contributed by atoms with Crippen molar-refractivity contribution in [3.8, 4) is 5.75 Å². The number of amides is 1. The predicted molar refractivity (Wildman–Crippen MR) is 99.0 cm³/mol. The molecule has 1 aromatic carbocycles. The molecule has 2 aromatic rings. The van der Waals surface area contributed by atoms with Gasteiger partial charge in [-0.2, -0.15) is 15.0 Å². The molecular weight excluding hydrogens is 330 g/mol. The Morgan fingerprint density at radius 3 is 2.92 bits per heavy atom. The molecule has 4 rings (SSSR count). The smallest absolute Gasteiger partial charge is 0.243 e. The number of fused-ring (bicyclic) bond motifs is 2. The molecule has 1 N–H and O–H groups in total. The summed E-state index contributed by atoms with van der Waals surface area (Å²) in [4.78, 5) is 16.5. The van der Waals surface area contributed by atoms with Gasteiger partial charge in [0, 0.05) is 18.7 Å². The topological polar surface area (TPSA) is 72.3 Å². The van der Waals surface area contributed by atoms with Crippen molar-refractivity contribution >= 4 is 16.9 Å². The van der Waals surface area contributed by atoms with Gasteiger partial charge in [0.1, 0.15) is 23.3 Å². The van der Waals surface area contributed by atoms with E-state index >= 15 is 0 Å². The fourth-order valence-corrected chi connectivity index (χ4v) is 4.38. The Morgan fingerprint density at radius 2 is 2.04 bits per heavy atom. The summed E-state index contributed by atoms with van der Waals surface area (Å²) in [6.07, 6.45) is 6.36. The molecule has 0 spiro atoms. The van der Waals surface area contributed by atoms with Crippen molar-refractivity contribution in [3.05, 3.63) is 18.2 Å². The molecule has 7 heteroatoms. The monoisotopic (exact) mass is 357 g/mol. The average molecular weight is 357 g/mol. The number of aromatic nitrogens is 3. The molecule has 0 aliphatic carbocycles. The lowest BCUT2D eigenvalue weighted by Crippen LogP contribution is -2.51. The Hall–Kier alpha value is -2.15. The highest BCUT2D eigenvalue weighted by molar-refractivity contribution is 5.77. The van der Waals surface area contributed by atoms with E-state index in [0.29, 0.717) is 12.0 Å². The SMILES string of the molecule is COc1ccc2nn(CC(=O)NC[C@@H]3CCCN4CCCC[C@H]34)nc2c1. The van der Waals surface area contributed by atoms with Gasteiger partial charge in [-0.1, -0.05) is 6.42 Å². The number of ether oxygens (including phenoxy) is 1. The Kier molecular flexibility index (Phi) is 5.06. The van der Waals surface area contributed by atoms with Crippen molar-refractivity contribution < 1.29 is 9.53 Å². The molecule has 1 amide bonds. The van der Waals surface area contributed by atoms with Crippen molar-refractivity contribution in [2.75, 3.05) is 26.7 Å². The van der Waals surface area contributed by atoms with Crippen molar-refractivity contribution in [1.29, 1.82) is 0 Å². The molecule has 0 bridgehead atoms. The van der Waals surface area contributed by atoms with Gasteiger partial charge in [0.05, 0.1) is 7.11 Å². The maximum Gasteiger partial charge on any atom is 0.243 e. The van der Waals surface area contributed by atoms with Crippen LogP contribution in [0.25, 0.3) is 11.0 Å². The predicted octanol–water partition coefficient (Wildman–Crippen LogP) is 1.82. The molecule has 1 aromatic heterocycles. The molecule has 3 heterocycles. The third-order valence-electron chi connectivity index (χ3n) is 5.70. The molecule has 2 saturated heterocycles. The van der Waals surface area contributed by atoms with Crippen LogP contribution in [0.2, 0.25) is 0 Å². The molecule has 26 heavy (non-hydrogen) atoms. The standard InChI is InChI=1S/C19H27N5O2/c1-26-15-7-8-16-17(11-15)22-24(21-16)13-19(25)20-12-14-5-4-10-23-9-3-2-6-18(14)23/h7-8,11,14,18H,2-6,9-10,12-13H2,1H3,(H,20,25)/t14-,18+/m0/s1. The highest BCUT2D eigenvalue weighted by Gasteiger charge is 2.32. The number of nitrogens with zero attached hydrogens (tertiary/aromatic N) is 4. The fourth-order valence-electron chi connectivity index (χ4n) is 4.38. The summed E-state index contributed by atoms with van der Waals surface area (Å²) in [6.45, 7) is 3.36. The Balaban J connectivity index is 1.33. The molecule has 2 atom stereocenters. The first-order valence-corrected chi connectivity index (χ1v) is 9.62. The van der Waals surface area contributed by atoms with Crippen molar-refractivity contribution in [2.45, 2.75) is 44.7 Å². The van der Waals surface area contributed by atoms with Gasteiger partial charge in [-0.05, 0) is 56.8 Å². The van der Waals surface area contributed by atoms with Gasteiger partial charge < -0.3 is 15.0 Å². The fraction of sp³-hybridized carbons (Fsp3) is 0.632. The highest BCUT2D eigenvalue weighted by atomic mass is 16.5. The minimum atomic E-state index is -0.0230. The second-order valence-electron chi connectivity index (χ2n) is 7.39. The molecular formula is C19H27N5O2. The van der Waals surface area contributed by atoms with Crippen LogP contribution in [0.5, 0.6) is 5.75 Å². The lowest BCUT2D eigenvalue weighted by molar-refractivity contribution is -0.122. The molecule has 140 valence electrons. The molecule has 2 fully saturated rings. The molecule has 0 unspecified atom stereocenters. The van der Waals surface area contributed by atoms with Crippen LogP contribution in [0.1, 0.15) is 32.1 Å². The normalized spacial score (nSPS) is 23.6. The van der Waals surface area contributed by atoms with Crippen LogP contribution in [0.3, 0.4) is 0 Å². The van der Waals surface area contributed by atoms with Gasteiger partial charge in [0.25, 0.3) is 0 Å². The average Bonchev–Trinajstić information content (AvgIpc) is 3.07. The minimum absolute atomic E-state index is 0.0230. The second kappa shape index (κ2) is 7.61. The molecule has 7 nitrogen and oxygen atoms in total. The van der Waals surface area contributed by atoms with E-state index in [0.717, 1.165) is 23.3 Å². The van der Waals surface area contributed by atoms with Crippen LogP contribution in [-0.2, 0) is 11.3 Å². The van der Waals surface area contributed by atoms with Gasteiger partial charge >= 0.3 is 0 Å². The lowest BCUT2D eigenvalue weighted by Gasteiger charge is -2.44.